The second-order valence-corrected chi connectivity index (χ2v) is 3.97. The van der Waals surface area contributed by atoms with Crippen LogP contribution in [0, 0.1) is 13.8 Å². The van der Waals surface area contributed by atoms with Gasteiger partial charge in [-0.2, -0.15) is 0 Å². The van der Waals surface area contributed by atoms with Crippen LogP contribution in [0.1, 0.15) is 18.1 Å². The fraction of sp³-hybridized carbons (Fsp3) is 0.385. The zero-order chi connectivity index (χ0) is 13.7. The van der Waals surface area contributed by atoms with Gasteiger partial charge >= 0.3 is 5.97 Å². The largest absolute Gasteiger partial charge is 0.464 e. The second-order valence-electron chi connectivity index (χ2n) is 3.97. The fourth-order valence-electron chi connectivity index (χ4n) is 1.44. The minimum Gasteiger partial charge on any atom is -0.464 e. The lowest BCUT2D eigenvalue weighted by Gasteiger charge is -2.13. The normalized spacial score (nSPS) is 11.8. The molecule has 5 heteroatoms. The zero-order valence-corrected chi connectivity index (χ0v) is 10.8. The maximum Gasteiger partial charge on any atom is 0.332 e. The first kappa shape index (κ1) is 14.2. The Kier molecular flexibility index (Phi) is 4.85. The van der Waals surface area contributed by atoms with Crippen molar-refractivity contribution in [1.82, 2.24) is 0 Å². The summed E-state index contributed by atoms with van der Waals surface area (Å²) in [5.41, 5.74) is 8.15. The molecule has 0 radical (unpaired) electrons. The summed E-state index contributed by atoms with van der Waals surface area (Å²) in [6, 6.07) is 4.23. The SMILES string of the molecule is CCOC(=O)C(N)C(=O)Nc1cccc(C)c1C. The van der Waals surface area contributed by atoms with Crippen molar-refractivity contribution in [3.63, 3.8) is 0 Å². The van der Waals surface area contributed by atoms with Crippen LogP contribution >= 0.6 is 0 Å². The van der Waals surface area contributed by atoms with E-state index in [-0.39, 0.29) is 6.61 Å². The van der Waals surface area contributed by atoms with E-state index in [0.717, 1.165) is 11.1 Å². The van der Waals surface area contributed by atoms with Gasteiger partial charge < -0.3 is 15.8 Å². The number of hydrogen-bond acceptors (Lipinski definition) is 4. The molecule has 1 atom stereocenters. The summed E-state index contributed by atoms with van der Waals surface area (Å²) < 4.78 is 4.69. The van der Waals surface area contributed by atoms with Gasteiger partial charge in [-0.1, -0.05) is 12.1 Å². The maximum atomic E-state index is 11.8. The molecule has 1 aromatic rings. The molecule has 0 heterocycles. The minimum absolute atomic E-state index is 0.198. The van der Waals surface area contributed by atoms with Crippen LogP contribution in [0.5, 0.6) is 0 Å². The fourth-order valence-corrected chi connectivity index (χ4v) is 1.44. The number of anilines is 1. The molecule has 0 aliphatic rings. The molecule has 0 saturated carbocycles. The highest BCUT2D eigenvalue weighted by molar-refractivity contribution is 6.08. The molecular weight excluding hydrogens is 232 g/mol. The predicted octanol–water partition coefficient (Wildman–Crippen LogP) is 1.13. The average Bonchev–Trinajstić information content (AvgIpc) is 2.34. The van der Waals surface area contributed by atoms with Gasteiger partial charge in [-0.25, -0.2) is 4.79 Å². The van der Waals surface area contributed by atoms with Gasteiger partial charge in [0.2, 0.25) is 0 Å². The van der Waals surface area contributed by atoms with E-state index in [1.165, 1.54) is 0 Å². The van der Waals surface area contributed by atoms with Crippen LogP contribution in [0.2, 0.25) is 0 Å². The number of hydrogen-bond donors (Lipinski definition) is 2. The lowest BCUT2D eigenvalue weighted by atomic mass is 10.1. The number of aryl methyl sites for hydroxylation is 1. The van der Waals surface area contributed by atoms with Crippen LogP contribution in [0.4, 0.5) is 5.69 Å². The molecule has 0 saturated heterocycles. The lowest BCUT2D eigenvalue weighted by Crippen LogP contribution is -2.43. The third-order valence-corrected chi connectivity index (χ3v) is 2.69. The van der Waals surface area contributed by atoms with Crippen molar-refractivity contribution in [1.29, 1.82) is 0 Å². The molecular formula is C13H18N2O3. The molecule has 0 bridgehead atoms. The standard InChI is InChI=1S/C13H18N2O3/c1-4-18-13(17)11(14)12(16)15-10-7-5-6-8(2)9(10)3/h5-7,11H,4,14H2,1-3H3,(H,15,16). The Morgan fingerprint density at radius 2 is 2.06 bits per heavy atom. The summed E-state index contributed by atoms with van der Waals surface area (Å²) in [5.74, 6) is -1.29. The van der Waals surface area contributed by atoms with Crippen molar-refractivity contribution >= 4 is 17.6 Å². The smallest absolute Gasteiger partial charge is 0.332 e. The number of amides is 1. The number of carbonyl (C=O) groups is 2. The van der Waals surface area contributed by atoms with Gasteiger partial charge in [-0.15, -0.1) is 0 Å². The van der Waals surface area contributed by atoms with Crippen molar-refractivity contribution < 1.29 is 14.3 Å². The van der Waals surface area contributed by atoms with E-state index in [9.17, 15) is 9.59 Å². The first-order valence-corrected chi connectivity index (χ1v) is 5.76. The number of nitrogens with one attached hydrogen (secondary N) is 1. The van der Waals surface area contributed by atoms with Crippen LogP contribution in [-0.2, 0) is 14.3 Å². The first-order chi connectivity index (χ1) is 8.47. The number of carbonyl (C=O) groups excluding carboxylic acids is 2. The Morgan fingerprint density at radius 1 is 1.39 bits per heavy atom. The maximum absolute atomic E-state index is 11.8. The molecule has 1 rings (SSSR count). The van der Waals surface area contributed by atoms with E-state index in [0.29, 0.717) is 5.69 Å². The Balaban J connectivity index is 2.75. The quantitative estimate of drug-likeness (QED) is 0.620. The average molecular weight is 250 g/mol. The van der Waals surface area contributed by atoms with Crippen molar-refractivity contribution in [3.05, 3.63) is 29.3 Å². The molecule has 98 valence electrons. The highest BCUT2D eigenvalue weighted by atomic mass is 16.5. The van der Waals surface area contributed by atoms with Crippen LogP contribution in [0.25, 0.3) is 0 Å². The topological polar surface area (TPSA) is 81.4 Å². The Hall–Kier alpha value is -1.88. The molecule has 0 aliphatic carbocycles. The van der Waals surface area contributed by atoms with Crippen LogP contribution in [-0.4, -0.2) is 24.5 Å². The van der Waals surface area contributed by atoms with E-state index in [4.69, 9.17) is 10.5 Å². The number of rotatable bonds is 4. The number of esters is 1. The van der Waals surface area contributed by atoms with Crippen LogP contribution < -0.4 is 11.1 Å². The summed E-state index contributed by atoms with van der Waals surface area (Å²) in [6.45, 7) is 5.69. The monoisotopic (exact) mass is 250 g/mol. The molecule has 0 spiro atoms. The molecule has 0 fully saturated rings. The van der Waals surface area contributed by atoms with E-state index >= 15 is 0 Å². The molecule has 3 N–H and O–H groups in total. The number of ether oxygens (including phenoxy) is 1. The minimum atomic E-state index is -1.30. The number of benzene rings is 1. The first-order valence-electron chi connectivity index (χ1n) is 5.76. The molecule has 0 aromatic heterocycles. The Morgan fingerprint density at radius 3 is 2.67 bits per heavy atom. The summed E-state index contributed by atoms with van der Waals surface area (Å²) in [4.78, 5) is 23.1. The van der Waals surface area contributed by atoms with Gasteiger partial charge in [-0.05, 0) is 38.0 Å². The highest BCUT2D eigenvalue weighted by Gasteiger charge is 2.23. The summed E-state index contributed by atoms with van der Waals surface area (Å²) >= 11 is 0. The summed E-state index contributed by atoms with van der Waals surface area (Å²) in [7, 11) is 0. The molecule has 1 unspecified atom stereocenters. The molecule has 1 aromatic carbocycles. The zero-order valence-electron chi connectivity index (χ0n) is 10.8. The van der Waals surface area contributed by atoms with Gasteiger partial charge in [0, 0.05) is 5.69 Å². The van der Waals surface area contributed by atoms with Crippen molar-refractivity contribution in [3.8, 4) is 0 Å². The van der Waals surface area contributed by atoms with E-state index in [1.54, 1.807) is 13.0 Å². The third kappa shape index (κ3) is 3.30. The Labute approximate surface area is 106 Å². The lowest BCUT2D eigenvalue weighted by molar-refractivity contribution is -0.146. The molecule has 18 heavy (non-hydrogen) atoms. The highest BCUT2D eigenvalue weighted by Crippen LogP contribution is 2.17. The van der Waals surface area contributed by atoms with Crippen molar-refractivity contribution in [2.24, 2.45) is 5.73 Å². The summed E-state index contributed by atoms with van der Waals surface area (Å²) in [6.07, 6.45) is 0. The van der Waals surface area contributed by atoms with Crippen molar-refractivity contribution in [2.75, 3.05) is 11.9 Å². The summed E-state index contributed by atoms with van der Waals surface area (Å²) in [5, 5.41) is 2.63. The van der Waals surface area contributed by atoms with Crippen LogP contribution in [0.15, 0.2) is 18.2 Å². The van der Waals surface area contributed by atoms with Crippen LogP contribution in [0.3, 0.4) is 0 Å². The van der Waals surface area contributed by atoms with Gasteiger partial charge in [0.05, 0.1) is 6.61 Å². The Bertz CT molecular complexity index is 458. The van der Waals surface area contributed by atoms with Gasteiger partial charge in [0.1, 0.15) is 0 Å². The van der Waals surface area contributed by atoms with E-state index in [1.807, 2.05) is 26.0 Å². The van der Waals surface area contributed by atoms with E-state index < -0.39 is 17.9 Å². The van der Waals surface area contributed by atoms with Gasteiger partial charge in [0.25, 0.3) is 5.91 Å². The molecule has 5 nitrogen and oxygen atoms in total. The van der Waals surface area contributed by atoms with Gasteiger partial charge in [0.15, 0.2) is 6.04 Å². The third-order valence-electron chi connectivity index (χ3n) is 2.69. The number of nitrogens with two attached hydrogens (primary N) is 1. The predicted molar refractivity (Wildman–Crippen MR) is 69.2 cm³/mol. The molecule has 0 aliphatic heterocycles. The van der Waals surface area contributed by atoms with Crippen molar-refractivity contribution in [2.45, 2.75) is 26.8 Å². The molecule has 1 amide bonds. The van der Waals surface area contributed by atoms with E-state index in [2.05, 4.69) is 5.32 Å². The second kappa shape index (κ2) is 6.16. The van der Waals surface area contributed by atoms with Gasteiger partial charge in [-0.3, -0.25) is 4.79 Å².